The predicted octanol–water partition coefficient (Wildman–Crippen LogP) is -0.948. The summed E-state index contributed by atoms with van der Waals surface area (Å²) in [5.41, 5.74) is 7.82. The third-order valence-corrected chi connectivity index (χ3v) is 1.02. The second kappa shape index (κ2) is 3.09. The van der Waals surface area contributed by atoms with Gasteiger partial charge in [-0.2, -0.15) is 0 Å². The minimum absolute atomic E-state index is 0.248. The SMILES string of the molecule is C=C(C(N)=O)N(C)NC. The summed E-state index contributed by atoms with van der Waals surface area (Å²) in [6, 6.07) is 0. The molecular formula is C5H11N3O. The molecule has 0 aliphatic heterocycles. The topological polar surface area (TPSA) is 58.4 Å². The second-order valence-electron chi connectivity index (χ2n) is 1.59. The molecule has 0 saturated carbocycles. The van der Waals surface area contributed by atoms with E-state index < -0.39 is 5.91 Å². The van der Waals surface area contributed by atoms with E-state index in [0.29, 0.717) is 0 Å². The monoisotopic (exact) mass is 129 g/mol. The first-order chi connectivity index (χ1) is 4.09. The minimum atomic E-state index is -0.521. The van der Waals surface area contributed by atoms with Gasteiger partial charge < -0.3 is 10.7 Å². The van der Waals surface area contributed by atoms with Crippen LogP contribution in [0, 0.1) is 0 Å². The van der Waals surface area contributed by atoms with Gasteiger partial charge in [-0.25, -0.2) is 5.43 Å². The molecule has 52 valence electrons. The lowest BCUT2D eigenvalue weighted by atomic mass is 10.5. The number of hydrazine groups is 1. The third-order valence-electron chi connectivity index (χ3n) is 1.02. The van der Waals surface area contributed by atoms with Gasteiger partial charge in [-0.3, -0.25) is 4.79 Å². The number of hydrogen-bond donors (Lipinski definition) is 2. The Hall–Kier alpha value is -1.03. The molecule has 9 heavy (non-hydrogen) atoms. The molecule has 4 nitrogen and oxygen atoms in total. The molecule has 4 heteroatoms. The Bertz CT molecular complexity index is 132. The second-order valence-corrected chi connectivity index (χ2v) is 1.59. The zero-order valence-corrected chi connectivity index (χ0v) is 5.64. The highest BCUT2D eigenvalue weighted by Crippen LogP contribution is 1.89. The Labute approximate surface area is 54.3 Å². The molecule has 0 aromatic heterocycles. The molecule has 0 fully saturated rings. The van der Waals surface area contributed by atoms with Crippen molar-refractivity contribution in [3.8, 4) is 0 Å². The molecule has 0 radical (unpaired) electrons. The molecule has 0 aliphatic carbocycles. The Morgan fingerprint density at radius 3 is 2.33 bits per heavy atom. The zero-order chi connectivity index (χ0) is 7.44. The summed E-state index contributed by atoms with van der Waals surface area (Å²) in [4.78, 5) is 10.3. The third kappa shape index (κ3) is 2.14. The maximum Gasteiger partial charge on any atom is 0.265 e. The number of rotatable bonds is 3. The molecule has 0 saturated heterocycles. The maximum absolute atomic E-state index is 10.3. The van der Waals surface area contributed by atoms with Gasteiger partial charge in [0.15, 0.2) is 0 Å². The number of carbonyl (C=O) groups is 1. The van der Waals surface area contributed by atoms with Gasteiger partial charge in [0.25, 0.3) is 5.91 Å². The number of hydrogen-bond acceptors (Lipinski definition) is 3. The minimum Gasteiger partial charge on any atom is -0.364 e. The Balaban J connectivity index is 3.88. The summed E-state index contributed by atoms with van der Waals surface area (Å²) in [5, 5.41) is 1.45. The smallest absolute Gasteiger partial charge is 0.265 e. The van der Waals surface area contributed by atoms with E-state index in [1.54, 1.807) is 14.1 Å². The number of nitrogens with zero attached hydrogens (tertiary/aromatic N) is 1. The van der Waals surface area contributed by atoms with Crippen LogP contribution in [0.15, 0.2) is 12.3 Å². The van der Waals surface area contributed by atoms with Gasteiger partial charge in [-0.05, 0) is 0 Å². The van der Waals surface area contributed by atoms with Crippen LogP contribution in [0.4, 0.5) is 0 Å². The van der Waals surface area contributed by atoms with Gasteiger partial charge in [0.05, 0.1) is 0 Å². The Morgan fingerprint density at radius 2 is 2.22 bits per heavy atom. The van der Waals surface area contributed by atoms with Crippen LogP contribution < -0.4 is 11.2 Å². The molecule has 0 aromatic rings. The summed E-state index contributed by atoms with van der Waals surface area (Å²) in [7, 11) is 3.33. The average molecular weight is 129 g/mol. The number of amides is 1. The van der Waals surface area contributed by atoms with E-state index in [1.165, 1.54) is 5.01 Å². The van der Waals surface area contributed by atoms with Crippen LogP contribution in [0.1, 0.15) is 0 Å². The molecular weight excluding hydrogens is 118 g/mol. The highest BCUT2D eigenvalue weighted by atomic mass is 16.1. The fraction of sp³-hybridized carbons (Fsp3) is 0.400. The van der Waals surface area contributed by atoms with Crippen molar-refractivity contribution in [1.82, 2.24) is 10.4 Å². The van der Waals surface area contributed by atoms with E-state index in [9.17, 15) is 4.79 Å². The number of likely N-dealkylation sites (N-methyl/N-ethyl adjacent to an activating group) is 1. The predicted molar refractivity (Wildman–Crippen MR) is 35.2 cm³/mol. The molecule has 0 aliphatic rings. The van der Waals surface area contributed by atoms with Crippen LogP contribution in [0.5, 0.6) is 0 Å². The van der Waals surface area contributed by atoms with Crippen LogP contribution in [-0.4, -0.2) is 25.0 Å². The van der Waals surface area contributed by atoms with Crippen molar-refractivity contribution < 1.29 is 4.79 Å². The first-order valence-corrected chi connectivity index (χ1v) is 2.49. The highest BCUT2D eigenvalue weighted by Gasteiger charge is 2.03. The first kappa shape index (κ1) is 7.97. The molecule has 0 spiro atoms. The van der Waals surface area contributed by atoms with Crippen LogP contribution in [0.3, 0.4) is 0 Å². The Morgan fingerprint density at radius 1 is 1.78 bits per heavy atom. The Kier molecular flexibility index (Phi) is 2.73. The van der Waals surface area contributed by atoms with Gasteiger partial charge in [0.2, 0.25) is 0 Å². The summed E-state index contributed by atoms with van der Waals surface area (Å²) in [6.45, 7) is 3.41. The van der Waals surface area contributed by atoms with Crippen molar-refractivity contribution in [1.29, 1.82) is 0 Å². The van der Waals surface area contributed by atoms with Crippen molar-refractivity contribution in [2.45, 2.75) is 0 Å². The molecule has 0 heterocycles. The highest BCUT2D eigenvalue weighted by molar-refractivity contribution is 5.90. The largest absolute Gasteiger partial charge is 0.364 e. The fourth-order valence-electron chi connectivity index (χ4n) is 0.300. The van der Waals surface area contributed by atoms with E-state index in [2.05, 4.69) is 12.0 Å². The van der Waals surface area contributed by atoms with Gasteiger partial charge >= 0.3 is 0 Å². The maximum atomic E-state index is 10.3. The standard InChI is InChI=1S/C5H11N3O/c1-4(5(6)9)8(3)7-2/h7H,1H2,2-3H3,(H2,6,9). The molecule has 1 amide bonds. The van der Waals surface area contributed by atoms with Gasteiger partial charge in [0, 0.05) is 14.1 Å². The molecule has 0 rings (SSSR count). The summed E-state index contributed by atoms with van der Waals surface area (Å²) in [5.74, 6) is -0.521. The van der Waals surface area contributed by atoms with Crippen LogP contribution in [0.2, 0.25) is 0 Å². The van der Waals surface area contributed by atoms with Gasteiger partial charge in [-0.1, -0.05) is 6.58 Å². The zero-order valence-electron chi connectivity index (χ0n) is 5.64. The van der Waals surface area contributed by atoms with Crippen molar-refractivity contribution in [2.24, 2.45) is 5.73 Å². The summed E-state index contributed by atoms with van der Waals surface area (Å²) >= 11 is 0. The lowest BCUT2D eigenvalue weighted by Crippen LogP contribution is -2.35. The van der Waals surface area contributed by atoms with Crippen LogP contribution >= 0.6 is 0 Å². The molecule has 0 aromatic carbocycles. The van der Waals surface area contributed by atoms with E-state index in [-0.39, 0.29) is 5.70 Å². The van der Waals surface area contributed by atoms with E-state index in [0.717, 1.165) is 0 Å². The molecule has 0 atom stereocenters. The number of nitrogens with one attached hydrogen (secondary N) is 1. The molecule has 0 unspecified atom stereocenters. The number of carbonyl (C=O) groups excluding carboxylic acids is 1. The lowest BCUT2D eigenvalue weighted by Gasteiger charge is -2.16. The van der Waals surface area contributed by atoms with Crippen molar-refractivity contribution in [3.05, 3.63) is 12.3 Å². The van der Waals surface area contributed by atoms with Gasteiger partial charge in [-0.15, -0.1) is 0 Å². The van der Waals surface area contributed by atoms with Crippen molar-refractivity contribution in [3.63, 3.8) is 0 Å². The van der Waals surface area contributed by atoms with Crippen molar-refractivity contribution in [2.75, 3.05) is 14.1 Å². The van der Waals surface area contributed by atoms with Crippen LogP contribution in [0.25, 0.3) is 0 Å². The summed E-state index contributed by atoms with van der Waals surface area (Å²) < 4.78 is 0. The molecule has 3 N–H and O–H groups in total. The normalized spacial score (nSPS) is 8.67. The first-order valence-electron chi connectivity index (χ1n) is 2.49. The quantitative estimate of drug-likeness (QED) is 0.381. The lowest BCUT2D eigenvalue weighted by molar-refractivity contribution is -0.116. The summed E-state index contributed by atoms with van der Waals surface area (Å²) in [6.07, 6.45) is 0. The van der Waals surface area contributed by atoms with E-state index >= 15 is 0 Å². The molecule has 0 bridgehead atoms. The average Bonchev–Trinajstić information content (AvgIpc) is 1.84. The van der Waals surface area contributed by atoms with Gasteiger partial charge in [0.1, 0.15) is 5.70 Å². The van der Waals surface area contributed by atoms with Crippen LogP contribution in [-0.2, 0) is 4.79 Å². The number of primary amides is 1. The number of nitrogens with two attached hydrogens (primary N) is 1. The fourth-order valence-corrected chi connectivity index (χ4v) is 0.300. The van der Waals surface area contributed by atoms with E-state index in [4.69, 9.17) is 5.73 Å². The van der Waals surface area contributed by atoms with Crippen molar-refractivity contribution >= 4 is 5.91 Å². The van der Waals surface area contributed by atoms with E-state index in [1.807, 2.05) is 0 Å².